The molecule has 1 atom stereocenters. The number of fused-ring (bicyclic) bond motifs is 1. The van der Waals surface area contributed by atoms with Crippen LogP contribution in [0.3, 0.4) is 0 Å². The molecule has 0 fully saturated rings. The Hall–Kier alpha value is -2.16. The zero-order valence-corrected chi connectivity index (χ0v) is 10.9. The summed E-state index contributed by atoms with van der Waals surface area (Å²) in [4.78, 5) is 0. The van der Waals surface area contributed by atoms with Crippen molar-refractivity contribution in [3.05, 3.63) is 53.6 Å². The average molecular weight is 255 g/mol. The van der Waals surface area contributed by atoms with Crippen LogP contribution < -0.4 is 10.1 Å². The fourth-order valence-electron chi connectivity index (χ4n) is 2.44. The molecule has 0 aromatic heterocycles. The maximum absolute atomic E-state index is 9.56. The molecule has 1 aliphatic rings. The molecule has 3 nitrogen and oxygen atoms in total. The monoisotopic (exact) mass is 255 g/mol. The third kappa shape index (κ3) is 2.36. The molecule has 0 radical (unpaired) electrons. The van der Waals surface area contributed by atoms with E-state index in [1.807, 2.05) is 37.3 Å². The van der Waals surface area contributed by atoms with E-state index < -0.39 is 0 Å². The largest absolute Gasteiger partial charge is 0.508 e. The first kappa shape index (κ1) is 11.9. The third-order valence-electron chi connectivity index (χ3n) is 3.50. The van der Waals surface area contributed by atoms with Gasteiger partial charge in [0.25, 0.3) is 0 Å². The summed E-state index contributed by atoms with van der Waals surface area (Å²) >= 11 is 0. The lowest BCUT2D eigenvalue weighted by atomic mass is 10.00. The summed E-state index contributed by atoms with van der Waals surface area (Å²) in [6.45, 7) is 2.63. The molecule has 0 bridgehead atoms. The number of aromatic hydroxyl groups is 1. The predicted molar refractivity (Wildman–Crippen MR) is 75.8 cm³/mol. The van der Waals surface area contributed by atoms with Gasteiger partial charge >= 0.3 is 0 Å². The highest BCUT2D eigenvalue weighted by Crippen LogP contribution is 2.34. The Bertz CT molecular complexity index is 595. The van der Waals surface area contributed by atoms with Crippen molar-refractivity contribution in [3.63, 3.8) is 0 Å². The number of phenolic OH excluding ortho intramolecular Hbond substituents is 1. The molecule has 98 valence electrons. The number of benzene rings is 2. The van der Waals surface area contributed by atoms with E-state index in [-0.39, 0.29) is 6.04 Å². The van der Waals surface area contributed by atoms with Crippen molar-refractivity contribution >= 4 is 5.69 Å². The van der Waals surface area contributed by atoms with Crippen molar-refractivity contribution in [2.45, 2.75) is 19.4 Å². The van der Waals surface area contributed by atoms with Gasteiger partial charge in [0.05, 0.1) is 12.6 Å². The number of phenols is 1. The van der Waals surface area contributed by atoms with Gasteiger partial charge in [-0.2, -0.15) is 0 Å². The Balaban J connectivity index is 1.86. The van der Waals surface area contributed by atoms with Gasteiger partial charge in [-0.3, -0.25) is 0 Å². The SMILES string of the molecule is Cc1cc(NC2CCOc3ccccc32)ccc1O. The van der Waals surface area contributed by atoms with E-state index in [1.54, 1.807) is 6.07 Å². The van der Waals surface area contributed by atoms with Crippen LogP contribution in [0.1, 0.15) is 23.6 Å². The van der Waals surface area contributed by atoms with Crippen LogP contribution in [-0.4, -0.2) is 11.7 Å². The molecule has 0 saturated heterocycles. The second-order valence-corrected chi connectivity index (χ2v) is 4.87. The maximum atomic E-state index is 9.56. The van der Waals surface area contributed by atoms with E-state index in [0.29, 0.717) is 5.75 Å². The molecule has 2 aromatic carbocycles. The number of hydrogen-bond acceptors (Lipinski definition) is 3. The maximum Gasteiger partial charge on any atom is 0.124 e. The quantitative estimate of drug-likeness (QED) is 0.805. The first-order valence-electron chi connectivity index (χ1n) is 6.52. The van der Waals surface area contributed by atoms with Gasteiger partial charge in [-0.1, -0.05) is 18.2 Å². The minimum atomic E-state index is 0.258. The number of ether oxygens (including phenoxy) is 1. The summed E-state index contributed by atoms with van der Waals surface area (Å²) < 4.78 is 5.65. The number of hydrogen-bond donors (Lipinski definition) is 2. The first-order valence-corrected chi connectivity index (χ1v) is 6.52. The van der Waals surface area contributed by atoms with E-state index in [9.17, 15) is 5.11 Å². The number of rotatable bonds is 2. The number of para-hydroxylation sites is 1. The van der Waals surface area contributed by atoms with Crippen molar-refractivity contribution in [1.29, 1.82) is 0 Å². The molecule has 0 spiro atoms. The lowest BCUT2D eigenvalue weighted by Gasteiger charge is -2.27. The van der Waals surface area contributed by atoms with Crippen molar-refractivity contribution < 1.29 is 9.84 Å². The van der Waals surface area contributed by atoms with E-state index in [2.05, 4.69) is 11.4 Å². The van der Waals surface area contributed by atoms with Crippen LogP contribution in [0.5, 0.6) is 11.5 Å². The minimum absolute atomic E-state index is 0.258. The fourth-order valence-corrected chi connectivity index (χ4v) is 2.44. The van der Waals surface area contributed by atoms with Gasteiger partial charge in [0.1, 0.15) is 11.5 Å². The van der Waals surface area contributed by atoms with Gasteiger partial charge in [-0.15, -0.1) is 0 Å². The van der Waals surface area contributed by atoms with Crippen LogP contribution in [0.4, 0.5) is 5.69 Å². The number of anilines is 1. The summed E-state index contributed by atoms with van der Waals surface area (Å²) in [5.41, 5.74) is 3.10. The number of aryl methyl sites for hydroxylation is 1. The molecule has 2 N–H and O–H groups in total. The Morgan fingerprint density at radius 2 is 2.05 bits per heavy atom. The van der Waals surface area contributed by atoms with Gasteiger partial charge in [-0.25, -0.2) is 0 Å². The molecule has 0 saturated carbocycles. The lowest BCUT2D eigenvalue weighted by molar-refractivity contribution is 0.274. The zero-order valence-electron chi connectivity index (χ0n) is 10.9. The van der Waals surface area contributed by atoms with Crippen LogP contribution in [0.25, 0.3) is 0 Å². The second-order valence-electron chi connectivity index (χ2n) is 4.87. The molecule has 3 heteroatoms. The van der Waals surface area contributed by atoms with Crippen molar-refractivity contribution in [2.24, 2.45) is 0 Å². The molecular weight excluding hydrogens is 238 g/mol. The van der Waals surface area contributed by atoms with Gasteiger partial charge in [-0.05, 0) is 36.8 Å². The highest BCUT2D eigenvalue weighted by atomic mass is 16.5. The molecule has 3 rings (SSSR count). The van der Waals surface area contributed by atoms with Crippen molar-refractivity contribution in [2.75, 3.05) is 11.9 Å². The number of nitrogens with one attached hydrogen (secondary N) is 1. The molecule has 2 aromatic rings. The van der Waals surface area contributed by atoms with Gasteiger partial charge in [0.15, 0.2) is 0 Å². The topological polar surface area (TPSA) is 41.5 Å². The normalized spacial score (nSPS) is 17.4. The highest BCUT2D eigenvalue weighted by Gasteiger charge is 2.20. The second kappa shape index (κ2) is 4.84. The molecule has 19 heavy (non-hydrogen) atoms. The molecule has 1 aliphatic heterocycles. The Labute approximate surface area is 112 Å². The van der Waals surface area contributed by atoms with Crippen molar-refractivity contribution in [1.82, 2.24) is 0 Å². The van der Waals surface area contributed by atoms with E-state index >= 15 is 0 Å². The molecule has 1 heterocycles. The van der Waals surface area contributed by atoms with Crippen LogP contribution in [0, 0.1) is 6.92 Å². The van der Waals surface area contributed by atoms with Gasteiger partial charge in [0, 0.05) is 17.7 Å². The summed E-state index contributed by atoms with van der Waals surface area (Å²) in [6, 6.07) is 14.0. The minimum Gasteiger partial charge on any atom is -0.508 e. The standard InChI is InChI=1S/C16H17NO2/c1-11-10-12(6-7-15(11)18)17-14-8-9-19-16-5-3-2-4-13(14)16/h2-7,10,14,17-18H,8-9H2,1H3. The Morgan fingerprint density at radius 3 is 2.89 bits per heavy atom. The molecular formula is C16H17NO2. The summed E-state index contributed by atoms with van der Waals surface area (Å²) in [7, 11) is 0. The first-order chi connectivity index (χ1) is 9.24. The van der Waals surface area contributed by atoms with Crippen LogP contribution >= 0.6 is 0 Å². The van der Waals surface area contributed by atoms with E-state index in [1.165, 1.54) is 5.56 Å². The molecule has 1 unspecified atom stereocenters. The summed E-state index contributed by atoms with van der Waals surface area (Å²) in [6.07, 6.45) is 0.941. The fraction of sp³-hybridized carbons (Fsp3) is 0.250. The van der Waals surface area contributed by atoms with Crippen LogP contribution in [0.15, 0.2) is 42.5 Å². The average Bonchev–Trinajstić information content (AvgIpc) is 2.43. The van der Waals surface area contributed by atoms with Crippen LogP contribution in [-0.2, 0) is 0 Å². The van der Waals surface area contributed by atoms with E-state index in [0.717, 1.165) is 30.0 Å². The summed E-state index contributed by atoms with van der Waals surface area (Å²) in [5, 5.41) is 13.1. The molecule has 0 amide bonds. The van der Waals surface area contributed by atoms with Crippen molar-refractivity contribution in [3.8, 4) is 11.5 Å². The van der Waals surface area contributed by atoms with E-state index in [4.69, 9.17) is 4.74 Å². The Kier molecular flexibility index (Phi) is 3.03. The molecule has 0 aliphatic carbocycles. The summed E-state index contributed by atoms with van der Waals surface area (Å²) in [5.74, 6) is 1.29. The smallest absolute Gasteiger partial charge is 0.124 e. The van der Waals surface area contributed by atoms with Gasteiger partial charge < -0.3 is 15.2 Å². The third-order valence-corrected chi connectivity index (χ3v) is 3.50. The Morgan fingerprint density at radius 1 is 1.21 bits per heavy atom. The van der Waals surface area contributed by atoms with Crippen LogP contribution in [0.2, 0.25) is 0 Å². The predicted octanol–water partition coefficient (Wildman–Crippen LogP) is 3.64. The lowest BCUT2D eigenvalue weighted by Crippen LogP contribution is -2.20. The zero-order chi connectivity index (χ0) is 13.2. The van der Waals surface area contributed by atoms with Gasteiger partial charge in [0.2, 0.25) is 0 Å². The highest BCUT2D eigenvalue weighted by molar-refractivity contribution is 5.53.